The molecular weight excluding hydrogens is 312 g/mol. The van der Waals surface area contributed by atoms with Gasteiger partial charge in [-0.1, -0.05) is 12.1 Å². The molecule has 25 heavy (non-hydrogen) atoms. The van der Waals surface area contributed by atoms with Crippen LogP contribution >= 0.6 is 0 Å². The maximum atomic E-state index is 12.7. The molecule has 2 heterocycles. The lowest BCUT2D eigenvalue weighted by molar-refractivity contribution is 0.0933. The molecule has 0 saturated carbocycles. The lowest BCUT2D eigenvalue weighted by Gasteiger charge is -2.24. The molecule has 1 aromatic carbocycles. The molecule has 0 radical (unpaired) electrons. The van der Waals surface area contributed by atoms with Crippen molar-refractivity contribution in [3.63, 3.8) is 0 Å². The highest BCUT2D eigenvalue weighted by atomic mass is 16.1. The number of amides is 1. The van der Waals surface area contributed by atoms with Crippen molar-refractivity contribution < 1.29 is 4.79 Å². The molecule has 5 nitrogen and oxygen atoms in total. The first kappa shape index (κ1) is 16.3. The Bertz CT molecular complexity index is 733. The first-order valence-electron chi connectivity index (χ1n) is 9.39. The number of carbonyl (C=O) groups excluding carboxylic acids is 1. The summed E-state index contributed by atoms with van der Waals surface area (Å²) in [5, 5.41) is 13.8. The van der Waals surface area contributed by atoms with Gasteiger partial charge in [-0.15, -0.1) is 0 Å². The van der Waals surface area contributed by atoms with E-state index in [0.29, 0.717) is 0 Å². The summed E-state index contributed by atoms with van der Waals surface area (Å²) < 4.78 is 0. The van der Waals surface area contributed by atoms with Crippen LogP contribution in [0.3, 0.4) is 0 Å². The number of hydrogen-bond donors (Lipinski definition) is 3. The van der Waals surface area contributed by atoms with Crippen molar-refractivity contribution in [3.05, 3.63) is 52.8 Å². The van der Waals surface area contributed by atoms with Gasteiger partial charge in [-0.05, 0) is 80.8 Å². The van der Waals surface area contributed by atoms with Gasteiger partial charge in [0.15, 0.2) is 0 Å². The topological polar surface area (TPSA) is 69.8 Å². The Balaban J connectivity index is 1.38. The molecule has 2 aromatic rings. The number of fused-ring (bicyclic) bond motifs is 1. The molecule has 1 fully saturated rings. The fourth-order valence-corrected chi connectivity index (χ4v) is 4.07. The van der Waals surface area contributed by atoms with Gasteiger partial charge in [-0.25, -0.2) is 0 Å². The molecule has 3 N–H and O–H groups in total. The van der Waals surface area contributed by atoms with Crippen molar-refractivity contribution in [2.75, 3.05) is 13.1 Å². The number of aromatic nitrogens is 2. The highest BCUT2D eigenvalue weighted by Gasteiger charge is 2.22. The second-order valence-corrected chi connectivity index (χ2v) is 7.38. The summed E-state index contributed by atoms with van der Waals surface area (Å²) in [4.78, 5) is 12.7. The molecule has 4 rings (SSSR count). The van der Waals surface area contributed by atoms with Crippen molar-refractivity contribution in [2.45, 2.75) is 44.6 Å². The van der Waals surface area contributed by atoms with Crippen LogP contribution in [0.2, 0.25) is 0 Å². The Morgan fingerprint density at radius 3 is 3.00 bits per heavy atom. The summed E-state index contributed by atoms with van der Waals surface area (Å²) in [5.41, 5.74) is 4.51. The van der Waals surface area contributed by atoms with Gasteiger partial charge in [0, 0.05) is 17.3 Å². The standard InChI is InChI=1S/C20H26N4O/c25-20(23-18-4-5-19-17(12-18)13-22-24-19)16-3-1-2-15(11-16)10-14-6-8-21-9-7-14/h1-3,11,13-14,18,21H,4-10,12H2,(H,22,24)(H,23,25)/t18-/m1/s1. The zero-order chi connectivity index (χ0) is 17.1. The predicted octanol–water partition coefficient (Wildman–Crippen LogP) is 2.24. The number of carbonyl (C=O) groups is 1. The maximum absolute atomic E-state index is 12.7. The van der Waals surface area contributed by atoms with E-state index in [1.807, 2.05) is 18.3 Å². The van der Waals surface area contributed by atoms with Crippen molar-refractivity contribution >= 4 is 5.91 Å². The van der Waals surface area contributed by atoms with Gasteiger partial charge in [-0.2, -0.15) is 5.10 Å². The van der Waals surface area contributed by atoms with Crippen LogP contribution in [-0.4, -0.2) is 35.2 Å². The summed E-state index contributed by atoms with van der Waals surface area (Å²) in [6, 6.07) is 8.36. The number of aryl methyl sites for hydroxylation is 1. The fourth-order valence-electron chi connectivity index (χ4n) is 4.07. The van der Waals surface area contributed by atoms with Gasteiger partial charge in [0.1, 0.15) is 0 Å². The molecule has 1 amide bonds. The van der Waals surface area contributed by atoms with E-state index >= 15 is 0 Å². The van der Waals surface area contributed by atoms with Crippen molar-refractivity contribution in [3.8, 4) is 0 Å². The van der Waals surface area contributed by atoms with Gasteiger partial charge in [0.2, 0.25) is 0 Å². The fraction of sp³-hybridized carbons (Fsp3) is 0.500. The number of nitrogens with zero attached hydrogens (tertiary/aromatic N) is 1. The number of nitrogens with one attached hydrogen (secondary N) is 3. The monoisotopic (exact) mass is 338 g/mol. The van der Waals surface area contributed by atoms with Gasteiger partial charge in [0.05, 0.1) is 6.20 Å². The molecule has 132 valence electrons. The molecule has 2 aliphatic rings. The van der Waals surface area contributed by atoms with Gasteiger partial charge < -0.3 is 10.6 Å². The van der Waals surface area contributed by atoms with Crippen molar-refractivity contribution in [1.82, 2.24) is 20.8 Å². The summed E-state index contributed by atoms with van der Waals surface area (Å²) in [7, 11) is 0. The van der Waals surface area contributed by atoms with Gasteiger partial charge in [-0.3, -0.25) is 9.89 Å². The highest BCUT2D eigenvalue weighted by molar-refractivity contribution is 5.94. The van der Waals surface area contributed by atoms with E-state index in [9.17, 15) is 4.79 Å². The summed E-state index contributed by atoms with van der Waals surface area (Å²) >= 11 is 0. The first-order chi connectivity index (χ1) is 12.3. The largest absolute Gasteiger partial charge is 0.349 e. The third-order valence-corrected chi connectivity index (χ3v) is 5.52. The quantitative estimate of drug-likeness (QED) is 0.801. The van der Waals surface area contributed by atoms with E-state index in [1.165, 1.54) is 29.7 Å². The number of aromatic amines is 1. The zero-order valence-corrected chi connectivity index (χ0v) is 14.6. The average Bonchev–Trinajstić information content (AvgIpc) is 3.10. The van der Waals surface area contributed by atoms with Crippen molar-refractivity contribution in [1.29, 1.82) is 0 Å². The maximum Gasteiger partial charge on any atom is 0.251 e. The smallest absolute Gasteiger partial charge is 0.251 e. The zero-order valence-electron chi connectivity index (χ0n) is 14.6. The predicted molar refractivity (Wildman–Crippen MR) is 97.6 cm³/mol. The molecule has 0 bridgehead atoms. The number of rotatable bonds is 4. The van der Waals surface area contributed by atoms with E-state index in [-0.39, 0.29) is 11.9 Å². The Labute approximate surface area is 148 Å². The molecule has 0 unspecified atom stereocenters. The SMILES string of the molecule is O=C(N[C@@H]1CCc2[nH]ncc2C1)c1cccc(CC2CCNCC2)c1. The van der Waals surface area contributed by atoms with Crippen LogP contribution in [0, 0.1) is 5.92 Å². The molecule has 1 aromatic heterocycles. The average molecular weight is 338 g/mol. The number of hydrogen-bond acceptors (Lipinski definition) is 3. The number of piperidine rings is 1. The Morgan fingerprint density at radius 2 is 2.12 bits per heavy atom. The van der Waals surface area contributed by atoms with E-state index in [4.69, 9.17) is 0 Å². The van der Waals surface area contributed by atoms with E-state index < -0.39 is 0 Å². The lowest BCUT2D eigenvalue weighted by atomic mass is 9.90. The van der Waals surface area contributed by atoms with Gasteiger partial charge >= 0.3 is 0 Å². The van der Waals surface area contributed by atoms with Crippen LogP contribution in [-0.2, 0) is 19.3 Å². The van der Waals surface area contributed by atoms with Crippen LogP contribution < -0.4 is 10.6 Å². The van der Waals surface area contributed by atoms with Crippen LogP contribution in [0.25, 0.3) is 0 Å². The molecule has 1 saturated heterocycles. The lowest BCUT2D eigenvalue weighted by Crippen LogP contribution is -2.38. The summed E-state index contributed by atoms with van der Waals surface area (Å²) in [5.74, 6) is 0.779. The molecule has 0 spiro atoms. The van der Waals surface area contributed by atoms with E-state index in [2.05, 4.69) is 33.0 Å². The Hall–Kier alpha value is -2.14. The molecule has 1 aliphatic heterocycles. The summed E-state index contributed by atoms with van der Waals surface area (Å²) in [6.45, 7) is 2.23. The molecule has 1 aliphatic carbocycles. The Morgan fingerprint density at radius 1 is 1.24 bits per heavy atom. The third kappa shape index (κ3) is 3.93. The molecular formula is C20H26N4O. The van der Waals surface area contributed by atoms with Crippen molar-refractivity contribution in [2.24, 2.45) is 5.92 Å². The van der Waals surface area contributed by atoms with Crippen LogP contribution in [0.5, 0.6) is 0 Å². The molecule has 5 heteroatoms. The number of H-pyrrole nitrogens is 1. The minimum Gasteiger partial charge on any atom is -0.349 e. The first-order valence-corrected chi connectivity index (χ1v) is 9.39. The van der Waals surface area contributed by atoms with Crippen LogP contribution in [0.15, 0.2) is 30.5 Å². The second-order valence-electron chi connectivity index (χ2n) is 7.38. The normalized spacial score (nSPS) is 20.9. The highest BCUT2D eigenvalue weighted by Crippen LogP contribution is 2.21. The minimum atomic E-state index is 0.0455. The van der Waals surface area contributed by atoms with E-state index in [1.54, 1.807) is 0 Å². The van der Waals surface area contributed by atoms with Gasteiger partial charge in [0.25, 0.3) is 5.91 Å². The second kappa shape index (κ2) is 7.40. The summed E-state index contributed by atoms with van der Waals surface area (Å²) in [6.07, 6.45) is 8.20. The molecule has 1 atom stereocenters. The Kier molecular flexibility index (Phi) is 4.83. The minimum absolute atomic E-state index is 0.0455. The van der Waals surface area contributed by atoms with E-state index in [0.717, 1.165) is 50.3 Å². The van der Waals surface area contributed by atoms with Crippen LogP contribution in [0.4, 0.5) is 0 Å². The third-order valence-electron chi connectivity index (χ3n) is 5.52. The number of benzene rings is 1. The van der Waals surface area contributed by atoms with Crippen LogP contribution in [0.1, 0.15) is 46.4 Å².